The average molecular weight is 283 g/mol. The zero-order valence-electron chi connectivity index (χ0n) is 11.3. The van der Waals surface area contributed by atoms with Gasteiger partial charge in [0, 0.05) is 12.5 Å². The van der Waals surface area contributed by atoms with Crippen molar-refractivity contribution in [3.8, 4) is 11.3 Å². The lowest BCUT2D eigenvalue weighted by Gasteiger charge is -1.98. The molecule has 0 aliphatic rings. The minimum absolute atomic E-state index is 0.180. The molecule has 0 radical (unpaired) electrons. The third-order valence-electron chi connectivity index (χ3n) is 2.86. The zero-order valence-corrected chi connectivity index (χ0v) is 11.3. The fraction of sp³-hybridized carbons (Fsp3) is 0.143. The van der Waals surface area contributed by atoms with Gasteiger partial charge in [0.1, 0.15) is 5.69 Å². The second-order valence-corrected chi connectivity index (χ2v) is 4.43. The molecule has 0 saturated carbocycles. The Labute approximate surface area is 120 Å². The number of carbonyl (C=O) groups is 1. The first-order valence-corrected chi connectivity index (χ1v) is 6.40. The second kappa shape index (κ2) is 5.58. The SMILES string of the molecule is Cc1nnc(CNC(=O)c2cc(-c3ccccc3)n[nH]2)o1. The summed E-state index contributed by atoms with van der Waals surface area (Å²) in [4.78, 5) is 12.0. The minimum Gasteiger partial charge on any atom is -0.424 e. The molecule has 0 aliphatic heterocycles. The number of hydrogen-bond donors (Lipinski definition) is 2. The van der Waals surface area contributed by atoms with E-state index in [0.29, 0.717) is 17.5 Å². The monoisotopic (exact) mass is 283 g/mol. The normalized spacial score (nSPS) is 10.5. The van der Waals surface area contributed by atoms with Gasteiger partial charge in [0.2, 0.25) is 11.8 Å². The highest BCUT2D eigenvalue weighted by Crippen LogP contribution is 2.16. The van der Waals surface area contributed by atoms with Crippen LogP contribution in [-0.2, 0) is 6.54 Å². The Hall–Kier alpha value is -2.96. The molecule has 0 atom stereocenters. The standard InChI is InChI=1S/C14H13N5O2/c1-9-16-19-13(21-9)8-15-14(20)12-7-11(17-18-12)10-5-3-2-4-6-10/h2-7H,8H2,1H3,(H,15,20)(H,17,18). The van der Waals surface area contributed by atoms with Crippen LogP contribution in [0.4, 0.5) is 0 Å². The lowest BCUT2D eigenvalue weighted by Crippen LogP contribution is -2.23. The van der Waals surface area contributed by atoms with E-state index in [1.807, 2.05) is 30.3 Å². The van der Waals surface area contributed by atoms with Crippen LogP contribution in [0.3, 0.4) is 0 Å². The lowest BCUT2D eigenvalue weighted by atomic mass is 10.1. The maximum Gasteiger partial charge on any atom is 0.269 e. The van der Waals surface area contributed by atoms with Crippen molar-refractivity contribution in [2.45, 2.75) is 13.5 Å². The van der Waals surface area contributed by atoms with Crippen molar-refractivity contribution >= 4 is 5.91 Å². The molecule has 7 nitrogen and oxygen atoms in total. The van der Waals surface area contributed by atoms with Crippen molar-refractivity contribution in [1.29, 1.82) is 0 Å². The number of aryl methyl sites for hydroxylation is 1. The summed E-state index contributed by atoms with van der Waals surface area (Å²) in [5.74, 6) is 0.552. The van der Waals surface area contributed by atoms with Crippen LogP contribution in [0.1, 0.15) is 22.3 Å². The molecule has 3 rings (SSSR count). The highest BCUT2D eigenvalue weighted by molar-refractivity contribution is 5.93. The number of hydrogen-bond acceptors (Lipinski definition) is 5. The summed E-state index contributed by atoms with van der Waals surface area (Å²) in [5.41, 5.74) is 2.04. The summed E-state index contributed by atoms with van der Waals surface area (Å²) in [6.07, 6.45) is 0. The molecule has 1 aromatic carbocycles. The third kappa shape index (κ3) is 2.97. The predicted octanol–water partition coefficient (Wildman–Crippen LogP) is 1.70. The highest BCUT2D eigenvalue weighted by Gasteiger charge is 2.12. The zero-order chi connectivity index (χ0) is 14.7. The Morgan fingerprint density at radius 2 is 2.10 bits per heavy atom. The number of benzene rings is 1. The maximum atomic E-state index is 12.0. The average Bonchev–Trinajstić information content (AvgIpc) is 3.15. The number of nitrogens with zero attached hydrogens (tertiary/aromatic N) is 3. The third-order valence-corrected chi connectivity index (χ3v) is 2.86. The van der Waals surface area contributed by atoms with E-state index in [1.54, 1.807) is 13.0 Å². The van der Waals surface area contributed by atoms with Crippen LogP contribution in [0.5, 0.6) is 0 Å². The van der Waals surface area contributed by atoms with Gasteiger partial charge in [0.15, 0.2) is 0 Å². The molecule has 3 aromatic rings. The molecule has 0 saturated heterocycles. The van der Waals surface area contributed by atoms with Crippen LogP contribution in [0.15, 0.2) is 40.8 Å². The number of carbonyl (C=O) groups excluding carboxylic acids is 1. The van der Waals surface area contributed by atoms with Crippen molar-refractivity contribution in [3.63, 3.8) is 0 Å². The molecule has 0 bridgehead atoms. The van der Waals surface area contributed by atoms with Gasteiger partial charge in [-0.3, -0.25) is 9.89 Å². The van der Waals surface area contributed by atoms with E-state index in [-0.39, 0.29) is 12.5 Å². The van der Waals surface area contributed by atoms with Gasteiger partial charge in [-0.05, 0) is 6.07 Å². The van der Waals surface area contributed by atoms with Crippen molar-refractivity contribution in [2.75, 3.05) is 0 Å². The van der Waals surface area contributed by atoms with Crippen molar-refractivity contribution in [2.24, 2.45) is 0 Å². The van der Waals surface area contributed by atoms with Crippen molar-refractivity contribution in [3.05, 3.63) is 53.9 Å². The van der Waals surface area contributed by atoms with Gasteiger partial charge in [-0.1, -0.05) is 30.3 Å². The van der Waals surface area contributed by atoms with Gasteiger partial charge in [-0.2, -0.15) is 5.10 Å². The summed E-state index contributed by atoms with van der Waals surface area (Å²) in [6, 6.07) is 11.3. The number of aromatic amines is 1. The molecule has 0 unspecified atom stereocenters. The van der Waals surface area contributed by atoms with Gasteiger partial charge in [0.05, 0.1) is 12.2 Å². The van der Waals surface area contributed by atoms with Crippen LogP contribution in [-0.4, -0.2) is 26.3 Å². The molecule has 21 heavy (non-hydrogen) atoms. The first kappa shape index (κ1) is 13.0. The molecule has 2 N–H and O–H groups in total. The molecule has 7 heteroatoms. The molecule has 2 heterocycles. The topological polar surface area (TPSA) is 96.7 Å². The molecular weight excluding hydrogens is 270 g/mol. The van der Waals surface area contributed by atoms with Crippen LogP contribution in [0.2, 0.25) is 0 Å². The summed E-state index contributed by atoms with van der Waals surface area (Å²) < 4.78 is 5.18. The number of H-pyrrole nitrogens is 1. The van der Waals surface area contributed by atoms with Crippen LogP contribution < -0.4 is 5.32 Å². The Balaban J connectivity index is 1.67. The van der Waals surface area contributed by atoms with Crippen molar-refractivity contribution < 1.29 is 9.21 Å². The van der Waals surface area contributed by atoms with E-state index >= 15 is 0 Å². The minimum atomic E-state index is -0.277. The quantitative estimate of drug-likeness (QED) is 0.759. The summed E-state index contributed by atoms with van der Waals surface area (Å²) in [7, 11) is 0. The molecule has 1 amide bonds. The largest absolute Gasteiger partial charge is 0.424 e. The smallest absolute Gasteiger partial charge is 0.269 e. The van der Waals surface area contributed by atoms with Gasteiger partial charge in [0.25, 0.3) is 5.91 Å². The first-order chi connectivity index (χ1) is 10.2. The van der Waals surface area contributed by atoms with E-state index in [4.69, 9.17) is 4.42 Å². The number of nitrogens with one attached hydrogen (secondary N) is 2. The highest BCUT2D eigenvalue weighted by atomic mass is 16.4. The predicted molar refractivity (Wildman–Crippen MR) is 74.2 cm³/mol. The van der Waals surface area contributed by atoms with E-state index < -0.39 is 0 Å². The Morgan fingerprint density at radius 3 is 2.81 bits per heavy atom. The van der Waals surface area contributed by atoms with Gasteiger partial charge >= 0.3 is 0 Å². The Bertz CT molecular complexity index is 748. The van der Waals surface area contributed by atoms with Gasteiger partial charge < -0.3 is 9.73 Å². The number of aromatic nitrogens is 4. The van der Waals surface area contributed by atoms with Crippen LogP contribution in [0.25, 0.3) is 11.3 Å². The molecular formula is C14H13N5O2. The second-order valence-electron chi connectivity index (χ2n) is 4.43. The molecule has 0 fully saturated rings. The number of amides is 1. The molecule has 0 aliphatic carbocycles. The van der Waals surface area contributed by atoms with E-state index in [2.05, 4.69) is 25.7 Å². The first-order valence-electron chi connectivity index (χ1n) is 6.40. The van der Waals surface area contributed by atoms with Gasteiger partial charge in [-0.15, -0.1) is 10.2 Å². The summed E-state index contributed by atoms with van der Waals surface area (Å²) in [5, 5.41) is 17.0. The van der Waals surface area contributed by atoms with Gasteiger partial charge in [-0.25, -0.2) is 0 Å². The Morgan fingerprint density at radius 1 is 1.29 bits per heavy atom. The fourth-order valence-corrected chi connectivity index (χ4v) is 1.85. The van der Waals surface area contributed by atoms with E-state index in [9.17, 15) is 4.79 Å². The van der Waals surface area contributed by atoms with E-state index in [1.165, 1.54) is 0 Å². The molecule has 2 aromatic heterocycles. The number of rotatable bonds is 4. The molecule has 106 valence electrons. The molecule has 0 spiro atoms. The Kier molecular flexibility index (Phi) is 3.46. The lowest BCUT2D eigenvalue weighted by molar-refractivity contribution is 0.0942. The fourth-order valence-electron chi connectivity index (χ4n) is 1.85. The van der Waals surface area contributed by atoms with E-state index in [0.717, 1.165) is 11.3 Å². The van der Waals surface area contributed by atoms with Crippen LogP contribution in [0, 0.1) is 6.92 Å². The maximum absolute atomic E-state index is 12.0. The van der Waals surface area contributed by atoms with Crippen LogP contribution >= 0.6 is 0 Å². The summed E-state index contributed by atoms with van der Waals surface area (Å²) >= 11 is 0. The van der Waals surface area contributed by atoms with Crippen molar-refractivity contribution in [1.82, 2.24) is 25.7 Å². The summed E-state index contributed by atoms with van der Waals surface area (Å²) in [6.45, 7) is 1.87.